The fraction of sp³-hybridized carbons (Fsp3) is 0.375. The molecule has 4 atom stereocenters. The number of hydrogen-bond donors (Lipinski definition) is 3. The first-order chi connectivity index (χ1) is 26.3. The predicted octanol–water partition coefficient (Wildman–Crippen LogP) is 6.38. The Hall–Kier alpha value is -5.89. The maximum absolute atomic E-state index is 13.8. The standard InChI is InChI=1S/C40H46N10O4/c1-25(2)35(48-40-41-18-7-19-42-40)39(52)50-21-6-9-34(50)37-44-23-32(47-37)30-16-12-28(13-17-30)27-10-14-29(15-11-27)31-22-43-36(46-31)33-8-5-20-49(33)38(51)26(3)45-24-54-53-4/h7,10-19,22-26,33-35H,5-6,8-9,20-21H2,1-4H3,(H,43,46)(H,44,47)(H,41,42,48)/b45-24+/t26-,33-,34-,35+/m0/s1. The van der Waals surface area contributed by atoms with Gasteiger partial charge in [-0.25, -0.2) is 24.9 Å². The van der Waals surface area contributed by atoms with E-state index in [9.17, 15) is 9.59 Å². The number of carbonyl (C=O) groups is 2. The Balaban J connectivity index is 0.991. The number of likely N-dealkylation sites (tertiary alicyclic amines) is 2. The van der Waals surface area contributed by atoms with Gasteiger partial charge in [-0.15, -0.1) is 0 Å². The second kappa shape index (κ2) is 16.4. The zero-order valence-electron chi connectivity index (χ0n) is 31.0. The molecule has 2 amide bonds. The smallest absolute Gasteiger partial charge is 0.247 e. The van der Waals surface area contributed by atoms with Gasteiger partial charge in [0.2, 0.25) is 24.2 Å². The first-order valence-electron chi connectivity index (χ1n) is 18.5. The van der Waals surface area contributed by atoms with Crippen LogP contribution in [0.15, 0.2) is 84.4 Å². The van der Waals surface area contributed by atoms with Crippen LogP contribution < -0.4 is 5.32 Å². The van der Waals surface area contributed by atoms with Crippen LogP contribution in [-0.4, -0.2) is 90.2 Å². The van der Waals surface area contributed by atoms with Crippen LogP contribution in [0.4, 0.5) is 5.95 Å². The van der Waals surface area contributed by atoms with E-state index in [2.05, 4.69) is 88.6 Å². The summed E-state index contributed by atoms with van der Waals surface area (Å²) in [5, 5.41) is 3.24. The van der Waals surface area contributed by atoms with Crippen LogP contribution in [0.3, 0.4) is 0 Å². The molecule has 14 nitrogen and oxygen atoms in total. The van der Waals surface area contributed by atoms with Gasteiger partial charge in [0, 0.05) is 25.5 Å². The second-order valence-electron chi connectivity index (χ2n) is 14.0. The maximum atomic E-state index is 13.8. The minimum Gasteiger partial charge on any atom is -0.342 e. The van der Waals surface area contributed by atoms with Crippen LogP contribution in [0.1, 0.15) is 70.2 Å². The van der Waals surface area contributed by atoms with Gasteiger partial charge in [0.25, 0.3) is 0 Å². The molecule has 2 aliphatic heterocycles. The molecule has 0 radical (unpaired) electrons. The van der Waals surface area contributed by atoms with Crippen LogP contribution in [0.2, 0.25) is 0 Å². The minimum absolute atomic E-state index is 0.0276. The quantitative estimate of drug-likeness (QED) is 0.0539. The Morgan fingerprint density at radius 2 is 1.28 bits per heavy atom. The third kappa shape index (κ3) is 7.88. The summed E-state index contributed by atoms with van der Waals surface area (Å²) in [5.74, 6) is 2.00. The molecule has 3 N–H and O–H groups in total. The number of H-pyrrole nitrogens is 2. The van der Waals surface area contributed by atoms with Crippen molar-refractivity contribution in [1.29, 1.82) is 0 Å². The molecule has 54 heavy (non-hydrogen) atoms. The molecular weight excluding hydrogens is 685 g/mol. The Morgan fingerprint density at radius 1 is 0.778 bits per heavy atom. The van der Waals surface area contributed by atoms with E-state index in [4.69, 9.17) is 9.87 Å². The largest absolute Gasteiger partial charge is 0.342 e. The summed E-state index contributed by atoms with van der Waals surface area (Å²) in [6.45, 7) is 7.13. The van der Waals surface area contributed by atoms with Crippen molar-refractivity contribution in [3.05, 3.63) is 91.0 Å². The molecular formula is C40H46N10O4. The second-order valence-corrected chi connectivity index (χ2v) is 14.0. The molecule has 2 aliphatic rings. The summed E-state index contributed by atoms with van der Waals surface area (Å²) in [5.41, 5.74) is 6.00. The van der Waals surface area contributed by atoms with Crippen molar-refractivity contribution in [2.24, 2.45) is 10.9 Å². The Kier molecular flexibility index (Phi) is 11.1. The molecule has 0 aliphatic carbocycles. The Morgan fingerprint density at radius 3 is 1.78 bits per heavy atom. The van der Waals surface area contributed by atoms with Gasteiger partial charge in [0.15, 0.2) is 0 Å². The number of carbonyl (C=O) groups excluding carboxylic acids is 2. The highest BCUT2D eigenvalue weighted by atomic mass is 17.2. The van der Waals surface area contributed by atoms with Gasteiger partial charge in [-0.05, 0) is 66.8 Å². The highest BCUT2D eigenvalue weighted by Crippen LogP contribution is 2.35. The molecule has 2 saturated heterocycles. The van der Waals surface area contributed by atoms with Crippen molar-refractivity contribution < 1.29 is 19.4 Å². The lowest BCUT2D eigenvalue weighted by Crippen LogP contribution is -2.45. The third-order valence-corrected chi connectivity index (χ3v) is 10.2. The average Bonchev–Trinajstić information content (AvgIpc) is 4.04. The molecule has 7 rings (SSSR count). The van der Waals surface area contributed by atoms with Crippen molar-refractivity contribution in [2.45, 2.75) is 70.6 Å². The van der Waals surface area contributed by atoms with E-state index in [0.717, 1.165) is 77.4 Å². The monoisotopic (exact) mass is 730 g/mol. The fourth-order valence-electron chi connectivity index (χ4n) is 7.29. The molecule has 3 aromatic heterocycles. The first kappa shape index (κ1) is 36.5. The van der Waals surface area contributed by atoms with Crippen LogP contribution in [0.5, 0.6) is 0 Å². The van der Waals surface area contributed by atoms with Gasteiger partial charge in [0.05, 0.1) is 43.0 Å². The summed E-state index contributed by atoms with van der Waals surface area (Å²) >= 11 is 0. The number of aliphatic imine (C=N–C) groups is 1. The number of anilines is 1. The van der Waals surface area contributed by atoms with E-state index in [1.807, 2.05) is 36.0 Å². The number of nitrogens with zero attached hydrogens (tertiary/aromatic N) is 7. The number of aromatic amines is 2. The number of imidazole rings is 2. The van der Waals surface area contributed by atoms with E-state index in [-0.39, 0.29) is 29.8 Å². The van der Waals surface area contributed by atoms with E-state index >= 15 is 0 Å². The molecule has 14 heteroatoms. The number of benzene rings is 2. The number of aromatic nitrogens is 6. The zero-order valence-corrected chi connectivity index (χ0v) is 31.0. The van der Waals surface area contributed by atoms with Crippen LogP contribution in [0.25, 0.3) is 33.6 Å². The maximum Gasteiger partial charge on any atom is 0.247 e. The molecule has 2 fully saturated rings. The molecule has 0 bridgehead atoms. The molecule has 280 valence electrons. The normalized spacial score (nSPS) is 18.4. The van der Waals surface area contributed by atoms with Gasteiger partial charge in [-0.1, -0.05) is 62.4 Å². The lowest BCUT2D eigenvalue weighted by molar-refractivity contribution is -0.188. The van der Waals surface area contributed by atoms with E-state index in [0.29, 0.717) is 19.0 Å². The molecule has 2 aromatic carbocycles. The van der Waals surface area contributed by atoms with Crippen LogP contribution >= 0.6 is 0 Å². The van der Waals surface area contributed by atoms with Gasteiger partial charge in [0.1, 0.15) is 23.7 Å². The SMILES string of the molecule is COO/C=N/[C@@H](C)C(=O)N1CCC[C@H]1c1ncc(-c2ccc(-c3ccc(-c4cnc([C@@H]5CCCN5C(=O)[C@H](Nc5ncccn5)C(C)C)[nH]4)cc3)cc2)[nH]1. The zero-order chi connectivity index (χ0) is 37.6. The molecule has 0 unspecified atom stereocenters. The van der Waals surface area contributed by atoms with Crippen molar-refractivity contribution in [2.75, 3.05) is 25.5 Å². The van der Waals surface area contributed by atoms with Gasteiger partial charge < -0.3 is 30.0 Å². The van der Waals surface area contributed by atoms with Crippen LogP contribution in [0, 0.1) is 5.92 Å². The lowest BCUT2D eigenvalue weighted by atomic mass is 10.0. The summed E-state index contributed by atoms with van der Waals surface area (Å²) in [7, 11) is 1.38. The number of nitrogens with one attached hydrogen (secondary N) is 3. The summed E-state index contributed by atoms with van der Waals surface area (Å²) in [6.07, 6.45) is 11.6. The molecule has 0 saturated carbocycles. The van der Waals surface area contributed by atoms with E-state index in [1.54, 1.807) is 25.4 Å². The number of amides is 2. The van der Waals surface area contributed by atoms with E-state index < -0.39 is 12.1 Å². The lowest BCUT2D eigenvalue weighted by Gasteiger charge is -2.30. The van der Waals surface area contributed by atoms with Gasteiger partial charge in [-0.2, -0.15) is 4.89 Å². The Bertz CT molecular complexity index is 2040. The summed E-state index contributed by atoms with van der Waals surface area (Å²) < 4.78 is 0. The highest BCUT2D eigenvalue weighted by Gasteiger charge is 2.37. The van der Waals surface area contributed by atoms with Crippen LogP contribution in [-0.2, 0) is 19.4 Å². The van der Waals surface area contributed by atoms with Gasteiger partial charge >= 0.3 is 0 Å². The first-order valence-corrected chi connectivity index (χ1v) is 18.5. The van der Waals surface area contributed by atoms with Crippen molar-refractivity contribution in [3.63, 3.8) is 0 Å². The van der Waals surface area contributed by atoms with Gasteiger partial charge in [-0.3, -0.25) is 9.59 Å². The predicted molar refractivity (Wildman–Crippen MR) is 205 cm³/mol. The number of rotatable bonds is 13. The van der Waals surface area contributed by atoms with E-state index in [1.165, 1.54) is 7.11 Å². The molecule has 0 spiro atoms. The topological polar surface area (TPSA) is 167 Å². The van der Waals surface area contributed by atoms with Crippen molar-refractivity contribution in [3.8, 4) is 33.6 Å². The minimum atomic E-state index is -0.587. The summed E-state index contributed by atoms with van der Waals surface area (Å²) in [6, 6.07) is 17.2. The number of hydrogen-bond acceptors (Lipinski definition) is 10. The third-order valence-electron chi connectivity index (χ3n) is 10.2. The molecule has 5 heterocycles. The van der Waals surface area contributed by atoms with Crippen molar-refractivity contribution >= 4 is 24.2 Å². The fourth-order valence-corrected chi connectivity index (χ4v) is 7.29. The summed E-state index contributed by atoms with van der Waals surface area (Å²) in [4.78, 5) is 68.9. The highest BCUT2D eigenvalue weighted by molar-refractivity contribution is 5.85. The average molecular weight is 731 g/mol. The van der Waals surface area contributed by atoms with Crippen molar-refractivity contribution in [1.82, 2.24) is 39.7 Å². The Labute approximate surface area is 314 Å². The molecule has 5 aromatic rings.